The van der Waals surface area contributed by atoms with E-state index in [4.69, 9.17) is 0 Å². The summed E-state index contributed by atoms with van der Waals surface area (Å²) in [7, 11) is 0. The Hall–Kier alpha value is -5.06. The van der Waals surface area contributed by atoms with Crippen molar-refractivity contribution < 1.29 is 15.1 Å². The van der Waals surface area contributed by atoms with E-state index in [2.05, 4.69) is 158 Å². The topological polar surface area (TPSA) is 70.6 Å². The fourth-order valence-electron chi connectivity index (χ4n) is 12.9. The molecule has 4 nitrogen and oxygen atoms in total. The van der Waals surface area contributed by atoms with Gasteiger partial charge in [-0.05, 0) is 150 Å². The lowest BCUT2D eigenvalue weighted by molar-refractivity contribution is -0.132. The Bertz CT molecular complexity index is 2830. The highest BCUT2D eigenvalue weighted by Gasteiger charge is 2.44. The quantitative estimate of drug-likeness (QED) is 0.0486. The van der Waals surface area contributed by atoms with Crippen LogP contribution < -0.4 is 10.6 Å². The number of hydrogen-bond acceptors (Lipinski definition) is 2. The number of carbonyl (C=O) groups is 2. The predicted molar refractivity (Wildman–Crippen MR) is 290 cm³/mol. The first kappa shape index (κ1) is 50.8. The molecule has 0 aliphatic heterocycles. The van der Waals surface area contributed by atoms with Gasteiger partial charge in [0.15, 0.2) is 11.6 Å². The Morgan fingerprint density at radius 1 is 0.721 bits per heavy atom. The number of Topliss-reactive ketones (excluding diaryl/α,β-unsaturated/α-hetero) is 2. The van der Waals surface area contributed by atoms with Gasteiger partial charge in [0, 0.05) is 45.4 Å². The number of fused-ring (bicyclic) bond motifs is 2. The molecule has 4 aromatic rings. The standard InChI is InChI=1S/C62H75NO2.C2H4.H2O/c1-9-13-15-22-40(7)57-61(64)50(38(5)21-14-10-2)37-53(62(57)65)58-43(31-33-48-46-25-16-23-42-24-17-27-49(59(42)46)56(48)39(6)19-11-3)29-30-44(58)32-34-54-52-36-45-35-51(45)47-26-18-28-55(60(47)52)63(54)41(8)20-12-4;1-2;/h16-18,23-28,31-34,36,39-41,45,51,56-57H,9-15,19-22,29-30,35,37H2,1-8H3;1-2H2;1H2/b43-31+,44-32+,48-33+,50-38+,54-34+,58-53-;;. The average molecular weight is 912 g/mol. The molecule has 360 valence electrons. The highest BCUT2D eigenvalue weighted by Crippen LogP contribution is 2.53. The van der Waals surface area contributed by atoms with E-state index in [-0.39, 0.29) is 23.0 Å². The van der Waals surface area contributed by atoms with Crippen LogP contribution in [0.4, 0.5) is 0 Å². The van der Waals surface area contributed by atoms with Crippen LogP contribution in [-0.4, -0.2) is 21.6 Å². The van der Waals surface area contributed by atoms with Crippen molar-refractivity contribution in [1.29, 1.82) is 0 Å². The lowest BCUT2D eigenvalue weighted by Crippen LogP contribution is -2.38. The summed E-state index contributed by atoms with van der Waals surface area (Å²) in [5.74, 6) is 1.67. The van der Waals surface area contributed by atoms with Gasteiger partial charge in [-0.15, -0.1) is 13.2 Å². The number of hydrogen-bond donors (Lipinski definition) is 0. The van der Waals surface area contributed by atoms with E-state index in [9.17, 15) is 4.79 Å². The summed E-state index contributed by atoms with van der Waals surface area (Å²) in [6, 6.07) is 21.1. The Kier molecular flexibility index (Phi) is 16.5. The molecule has 0 bridgehead atoms. The molecule has 9 rings (SSSR count). The van der Waals surface area contributed by atoms with Crippen LogP contribution >= 0.6 is 0 Å². The van der Waals surface area contributed by atoms with E-state index >= 15 is 4.79 Å². The molecule has 0 saturated heterocycles. The Balaban J connectivity index is 0.00000225. The number of allylic oxidation sites excluding steroid dienone is 10. The zero-order valence-corrected chi connectivity index (χ0v) is 42.9. The molecular formula is C64H81NO3. The third kappa shape index (κ3) is 9.36. The molecule has 3 aromatic carbocycles. The Morgan fingerprint density at radius 3 is 2.09 bits per heavy atom. The van der Waals surface area contributed by atoms with Crippen LogP contribution in [-0.2, 0) is 9.59 Å². The van der Waals surface area contributed by atoms with Crippen LogP contribution in [0.3, 0.4) is 0 Å². The normalized spacial score (nSPS) is 25.6. The van der Waals surface area contributed by atoms with Crippen molar-refractivity contribution in [2.24, 2.45) is 23.7 Å². The maximum atomic E-state index is 15.4. The predicted octanol–water partition coefficient (Wildman–Crippen LogP) is 15.3. The molecule has 0 spiro atoms. The van der Waals surface area contributed by atoms with Gasteiger partial charge in [0.05, 0.1) is 5.92 Å². The van der Waals surface area contributed by atoms with E-state index in [1.54, 1.807) is 0 Å². The molecule has 2 N–H and O–H groups in total. The zero-order chi connectivity index (χ0) is 47.5. The van der Waals surface area contributed by atoms with Crippen molar-refractivity contribution in [1.82, 2.24) is 4.57 Å². The van der Waals surface area contributed by atoms with E-state index in [0.29, 0.717) is 36.1 Å². The number of nitrogens with zero attached hydrogens (tertiary/aromatic N) is 1. The molecule has 0 radical (unpaired) electrons. The van der Waals surface area contributed by atoms with E-state index in [1.165, 1.54) is 84.1 Å². The number of unbranched alkanes of at least 4 members (excludes halogenated alkanes) is 3. The van der Waals surface area contributed by atoms with Crippen molar-refractivity contribution in [3.05, 3.63) is 147 Å². The number of rotatable bonds is 16. The molecule has 7 atom stereocenters. The summed E-state index contributed by atoms with van der Waals surface area (Å²) >= 11 is 0. The SMILES string of the molecule is C=C.CCCCCC(C)C1C(=O)/C(=C2C(=C/C=C3\c4cccc5cccc(c45)C3C(C)CCC)/CCC/2=C\C=c2/c3c4c(cccc4n2C(C)CCC)C2CC2C=3)C/C(=C(/C)CCCC)C1=O.O. The summed E-state index contributed by atoms with van der Waals surface area (Å²) in [4.78, 5) is 30.1. The molecule has 5 aliphatic carbocycles. The molecule has 68 heavy (non-hydrogen) atoms. The van der Waals surface area contributed by atoms with Gasteiger partial charge in [-0.3, -0.25) is 9.59 Å². The monoisotopic (exact) mass is 912 g/mol. The highest BCUT2D eigenvalue weighted by atomic mass is 16.2. The minimum Gasteiger partial charge on any atom is -0.412 e. The van der Waals surface area contributed by atoms with E-state index in [1.807, 2.05) is 0 Å². The third-order valence-corrected chi connectivity index (χ3v) is 16.4. The molecule has 0 amide bonds. The minimum atomic E-state index is -0.622. The first-order valence-corrected chi connectivity index (χ1v) is 26.6. The number of benzene rings is 3. The molecule has 3 fully saturated rings. The van der Waals surface area contributed by atoms with Crippen LogP contribution in [0.5, 0.6) is 0 Å². The summed E-state index contributed by atoms with van der Waals surface area (Å²) in [5.41, 5.74) is 13.7. The largest absolute Gasteiger partial charge is 0.412 e. The molecule has 7 unspecified atom stereocenters. The summed E-state index contributed by atoms with van der Waals surface area (Å²) in [6.07, 6.45) is 27.5. The van der Waals surface area contributed by atoms with Gasteiger partial charge >= 0.3 is 0 Å². The molecule has 1 aromatic heterocycles. The smallest absolute Gasteiger partial charge is 0.170 e. The summed E-state index contributed by atoms with van der Waals surface area (Å²) in [5, 5.41) is 6.88. The van der Waals surface area contributed by atoms with Crippen LogP contribution in [0.1, 0.15) is 186 Å². The third-order valence-electron chi connectivity index (χ3n) is 16.4. The van der Waals surface area contributed by atoms with Gasteiger partial charge in [-0.25, -0.2) is 0 Å². The van der Waals surface area contributed by atoms with Gasteiger partial charge in [0.1, 0.15) is 0 Å². The molecule has 3 saturated carbocycles. The van der Waals surface area contributed by atoms with E-state index < -0.39 is 5.92 Å². The van der Waals surface area contributed by atoms with Gasteiger partial charge in [-0.1, -0.05) is 165 Å². The second kappa shape index (κ2) is 22.1. The Morgan fingerprint density at radius 2 is 1.38 bits per heavy atom. The van der Waals surface area contributed by atoms with Gasteiger partial charge < -0.3 is 10.0 Å². The van der Waals surface area contributed by atoms with Gasteiger partial charge in [0.2, 0.25) is 0 Å². The van der Waals surface area contributed by atoms with Crippen molar-refractivity contribution in [2.45, 2.75) is 170 Å². The fraction of sp³-hybridized carbons (Fsp3) is 0.469. The minimum absolute atomic E-state index is 0. The molecule has 1 heterocycles. The second-order valence-electron chi connectivity index (χ2n) is 21.0. The lowest BCUT2D eigenvalue weighted by atomic mass is 9.70. The maximum Gasteiger partial charge on any atom is 0.170 e. The molecule has 4 heteroatoms. The van der Waals surface area contributed by atoms with Crippen LogP contribution in [0, 0.1) is 23.7 Å². The van der Waals surface area contributed by atoms with Crippen molar-refractivity contribution >= 4 is 51.0 Å². The Labute approximate surface area is 408 Å². The average Bonchev–Trinajstić information content (AvgIpc) is 3.77. The number of aromatic nitrogens is 1. The van der Waals surface area contributed by atoms with Crippen LogP contribution in [0.25, 0.3) is 39.4 Å². The van der Waals surface area contributed by atoms with Gasteiger partial charge in [-0.2, -0.15) is 0 Å². The lowest BCUT2D eigenvalue weighted by Gasteiger charge is -2.31. The highest BCUT2D eigenvalue weighted by molar-refractivity contribution is 6.21. The fourth-order valence-corrected chi connectivity index (χ4v) is 12.9. The molecular weight excluding hydrogens is 831 g/mol. The zero-order valence-electron chi connectivity index (χ0n) is 42.9. The van der Waals surface area contributed by atoms with Gasteiger partial charge in [0.25, 0.3) is 0 Å². The summed E-state index contributed by atoms with van der Waals surface area (Å²) < 4.78 is 2.63. The maximum absolute atomic E-state index is 15.4. The number of ketones is 2. The second-order valence-corrected chi connectivity index (χ2v) is 21.0. The first-order valence-electron chi connectivity index (χ1n) is 26.6. The summed E-state index contributed by atoms with van der Waals surface area (Å²) in [6.45, 7) is 24.2. The number of carbonyl (C=O) groups excluding carboxylic acids is 2. The van der Waals surface area contributed by atoms with Crippen molar-refractivity contribution in [3.8, 4) is 0 Å². The van der Waals surface area contributed by atoms with Crippen molar-refractivity contribution in [3.63, 3.8) is 0 Å². The van der Waals surface area contributed by atoms with Crippen LogP contribution in [0.2, 0.25) is 0 Å². The van der Waals surface area contributed by atoms with Crippen LogP contribution in [0.15, 0.2) is 119 Å². The first-order chi connectivity index (χ1) is 32.6. The van der Waals surface area contributed by atoms with E-state index in [0.717, 1.165) is 93.8 Å². The molecule has 5 aliphatic rings. The van der Waals surface area contributed by atoms with Crippen molar-refractivity contribution in [2.75, 3.05) is 0 Å².